The van der Waals surface area contributed by atoms with Crippen LogP contribution in [-0.4, -0.2) is 83.2 Å². The fraction of sp³-hybridized carbons (Fsp3) is 0.517. The SMILES string of the molecule is CN1CCN(CCOc2ccc3c(c2)CN(C(=O)c2cc4c(NC5CCCCC5)n[nH]c4cc2N)C3)CC1. The number of nitrogens with two attached hydrogens (primary N) is 1. The van der Waals surface area contributed by atoms with Gasteiger partial charge in [-0.25, -0.2) is 0 Å². The number of hydrogen-bond acceptors (Lipinski definition) is 7. The molecule has 2 fully saturated rings. The van der Waals surface area contributed by atoms with E-state index in [1.807, 2.05) is 23.1 Å². The van der Waals surface area contributed by atoms with Crippen LogP contribution in [0.5, 0.6) is 5.75 Å². The van der Waals surface area contributed by atoms with Crippen molar-refractivity contribution in [1.29, 1.82) is 0 Å². The molecule has 1 saturated carbocycles. The standard InChI is InChI=1S/C29H39N7O2/c1-34-9-11-35(12-10-34)13-14-38-23-8-7-20-18-36(19-21(20)15-23)29(37)24-16-25-27(17-26(24)30)32-33-28(25)31-22-5-3-2-4-6-22/h7-8,15-17,22H,2-6,9-14,18-19,30H2,1H3,(H2,31,32,33). The van der Waals surface area contributed by atoms with Gasteiger partial charge in [0.25, 0.3) is 5.91 Å². The monoisotopic (exact) mass is 517 g/mol. The highest BCUT2D eigenvalue weighted by Crippen LogP contribution is 2.32. The zero-order chi connectivity index (χ0) is 26.1. The van der Waals surface area contributed by atoms with Crippen LogP contribution in [0.3, 0.4) is 0 Å². The molecule has 2 aromatic carbocycles. The summed E-state index contributed by atoms with van der Waals surface area (Å²) in [5.74, 6) is 1.62. The normalized spacial score (nSPS) is 19.1. The maximum absolute atomic E-state index is 13.6. The Morgan fingerprint density at radius 3 is 2.68 bits per heavy atom. The van der Waals surface area contributed by atoms with Gasteiger partial charge in [0.1, 0.15) is 12.4 Å². The average Bonchev–Trinajstić information content (AvgIpc) is 3.53. The molecular formula is C29H39N7O2. The number of fused-ring (bicyclic) bond motifs is 2. The Labute approximate surface area is 224 Å². The quantitative estimate of drug-likeness (QED) is 0.411. The average molecular weight is 518 g/mol. The fourth-order valence-corrected chi connectivity index (χ4v) is 5.96. The van der Waals surface area contributed by atoms with Gasteiger partial charge in [-0.3, -0.25) is 14.8 Å². The van der Waals surface area contributed by atoms with Crippen molar-refractivity contribution in [3.63, 3.8) is 0 Å². The number of H-pyrrole nitrogens is 1. The number of benzene rings is 2. The Hall–Kier alpha value is -3.30. The van der Waals surface area contributed by atoms with Crippen molar-refractivity contribution in [3.05, 3.63) is 47.0 Å². The number of hydrogen-bond donors (Lipinski definition) is 3. The van der Waals surface area contributed by atoms with Crippen LogP contribution < -0.4 is 15.8 Å². The predicted molar refractivity (Wildman–Crippen MR) is 150 cm³/mol. The van der Waals surface area contributed by atoms with Gasteiger partial charge < -0.3 is 25.6 Å². The maximum Gasteiger partial charge on any atom is 0.256 e. The molecule has 1 aromatic heterocycles. The van der Waals surface area contributed by atoms with Crippen LogP contribution in [0.1, 0.15) is 53.6 Å². The van der Waals surface area contributed by atoms with E-state index in [9.17, 15) is 4.79 Å². The molecule has 0 atom stereocenters. The van der Waals surface area contributed by atoms with E-state index in [4.69, 9.17) is 10.5 Å². The first-order valence-corrected chi connectivity index (χ1v) is 14.0. The van der Waals surface area contributed by atoms with Crippen molar-refractivity contribution >= 4 is 28.3 Å². The second kappa shape index (κ2) is 10.8. The lowest BCUT2D eigenvalue weighted by Crippen LogP contribution is -2.45. The molecule has 6 rings (SSSR count). The highest BCUT2D eigenvalue weighted by atomic mass is 16.5. The molecule has 0 bridgehead atoms. The topological polar surface area (TPSA) is 103 Å². The highest BCUT2D eigenvalue weighted by molar-refractivity contribution is 6.05. The van der Waals surface area contributed by atoms with Crippen molar-refractivity contribution in [2.24, 2.45) is 0 Å². The third-order valence-corrected chi connectivity index (χ3v) is 8.37. The van der Waals surface area contributed by atoms with Crippen LogP contribution in [0.25, 0.3) is 10.9 Å². The number of ether oxygens (including phenoxy) is 1. The minimum Gasteiger partial charge on any atom is -0.492 e. The molecule has 9 nitrogen and oxygen atoms in total. The van der Waals surface area contributed by atoms with E-state index >= 15 is 0 Å². The van der Waals surface area contributed by atoms with Gasteiger partial charge in [0.15, 0.2) is 5.82 Å². The lowest BCUT2D eigenvalue weighted by molar-refractivity contribution is 0.0752. The van der Waals surface area contributed by atoms with Crippen molar-refractivity contribution in [2.45, 2.75) is 51.2 Å². The number of nitrogen functional groups attached to an aromatic ring is 1. The van der Waals surface area contributed by atoms with Crippen LogP contribution in [0.15, 0.2) is 30.3 Å². The molecule has 202 valence electrons. The number of piperazine rings is 1. The molecule has 0 unspecified atom stereocenters. The summed E-state index contributed by atoms with van der Waals surface area (Å²) in [6.45, 7) is 7.14. The number of aromatic nitrogens is 2. The zero-order valence-electron chi connectivity index (χ0n) is 22.3. The van der Waals surface area contributed by atoms with Gasteiger partial charge in [0, 0.05) is 62.9 Å². The number of nitrogens with zero attached hydrogens (tertiary/aromatic N) is 4. The van der Waals surface area contributed by atoms with Gasteiger partial charge in [-0.1, -0.05) is 25.3 Å². The van der Waals surface area contributed by atoms with E-state index in [-0.39, 0.29) is 5.91 Å². The Balaban J connectivity index is 1.11. The summed E-state index contributed by atoms with van der Waals surface area (Å²) in [4.78, 5) is 20.3. The molecule has 2 aliphatic heterocycles. The minimum atomic E-state index is -0.0528. The van der Waals surface area contributed by atoms with Crippen molar-refractivity contribution in [1.82, 2.24) is 24.9 Å². The second-order valence-electron chi connectivity index (χ2n) is 11.1. The predicted octanol–water partition coefficient (Wildman–Crippen LogP) is 3.67. The van der Waals surface area contributed by atoms with Gasteiger partial charge in [-0.15, -0.1) is 0 Å². The first-order chi connectivity index (χ1) is 18.5. The third kappa shape index (κ3) is 5.31. The number of carbonyl (C=O) groups excluding carboxylic acids is 1. The molecule has 3 aromatic rings. The number of aromatic amines is 1. The Bertz CT molecular complexity index is 1290. The van der Waals surface area contributed by atoms with Gasteiger partial charge in [-0.05, 0) is 55.3 Å². The molecule has 9 heteroatoms. The molecule has 4 N–H and O–H groups in total. The number of anilines is 2. The zero-order valence-corrected chi connectivity index (χ0v) is 22.3. The highest BCUT2D eigenvalue weighted by Gasteiger charge is 2.27. The Morgan fingerprint density at radius 2 is 1.87 bits per heavy atom. The molecule has 1 amide bonds. The maximum atomic E-state index is 13.6. The van der Waals surface area contributed by atoms with Crippen LogP contribution in [-0.2, 0) is 13.1 Å². The van der Waals surface area contributed by atoms with Gasteiger partial charge >= 0.3 is 0 Å². The van der Waals surface area contributed by atoms with Crippen LogP contribution in [0, 0.1) is 0 Å². The Kier molecular flexibility index (Phi) is 7.12. The first kappa shape index (κ1) is 25.0. The number of amides is 1. The van der Waals surface area contributed by atoms with Crippen LogP contribution >= 0.6 is 0 Å². The number of rotatable bonds is 7. The smallest absolute Gasteiger partial charge is 0.256 e. The lowest BCUT2D eigenvalue weighted by atomic mass is 9.95. The van der Waals surface area contributed by atoms with Gasteiger partial charge in [-0.2, -0.15) is 5.10 Å². The van der Waals surface area contributed by atoms with Gasteiger partial charge in [0.2, 0.25) is 0 Å². The van der Waals surface area contributed by atoms with E-state index in [1.54, 1.807) is 0 Å². The molecule has 1 saturated heterocycles. The van der Waals surface area contributed by atoms with Gasteiger partial charge in [0.05, 0.1) is 11.1 Å². The minimum absolute atomic E-state index is 0.0528. The lowest BCUT2D eigenvalue weighted by Gasteiger charge is -2.32. The summed E-state index contributed by atoms with van der Waals surface area (Å²) in [5, 5.41) is 12.1. The molecule has 3 aliphatic rings. The van der Waals surface area contributed by atoms with E-state index in [2.05, 4.69) is 44.5 Å². The van der Waals surface area contributed by atoms with E-state index in [0.717, 1.165) is 79.2 Å². The molecule has 0 radical (unpaired) electrons. The summed E-state index contributed by atoms with van der Waals surface area (Å²) >= 11 is 0. The number of nitrogens with one attached hydrogen (secondary N) is 2. The van der Waals surface area contributed by atoms with E-state index in [0.29, 0.717) is 37.0 Å². The molecule has 38 heavy (non-hydrogen) atoms. The summed E-state index contributed by atoms with van der Waals surface area (Å²) in [7, 11) is 2.17. The van der Waals surface area contributed by atoms with E-state index in [1.165, 1.54) is 19.3 Å². The molecule has 1 aliphatic carbocycles. The second-order valence-corrected chi connectivity index (χ2v) is 11.1. The number of likely N-dealkylation sites (N-methyl/N-ethyl adjacent to an activating group) is 1. The summed E-state index contributed by atoms with van der Waals surface area (Å²) in [6.07, 6.45) is 6.10. The Morgan fingerprint density at radius 1 is 1.08 bits per heavy atom. The van der Waals surface area contributed by atoms with Crippen molar-refractivity contribution in [2.75, 3.05) is 57.4 Å². The fourth-order valence-electron chi connectivity index (χ4n) is 5.96. The molecule has 0 spiro atoms. The third-order valence-electron chi connectivity index (χ3n) is 8.37. The summed E-state index contributed by atoms with van der Waals surface area (Å²) in [6, 6.07) is 10.3. The summed E-state index contributed by atoms with van der Waals surface area (Å²) in [5.41, 5.74) is 10.5. The first-order valence-electron chi connectivity index (χ1n) is 14.0. The number of carbonyl (C=O) groups is 1. The molecule has 3 heterocycles. The van der Waals surface area contributed by atoms with Crippen molar-refractivity contribution in [3.8, 4) is 5.75 Å². The summed E-state index contributed by atoms with van der Waals surface area (Å²) < 4.78 is 6.08. The van der Waals surface area contributed by atoms with Crippen LogP contribution in [0.4, 0.5) is 11.5 Å². The molecular weight excluding hydrogens is 478 g/mol. The van der Waals surface area contributed by atoms with Crippen molar-refractivity contribution < 1.29 is 9.53 Å². The largest absolute Gasteiger partial charge is 0.492 e. The van der Waals surface area contributed by atoms with E-state index < -0.39 is 0 Å². The van der Waals surface area contributed by atoms with Crippen LogP contribution in [0.2, 0.25) is 0 Å².